The van der Waals surface area contributed by atoms with E-state index in [0.29, 0.717) is 31.1 Å². The first kappa shape index (κ1) is 17.0. The van der Waals surface area contributed by atoms with Crippen molar-refractivity contribution in [2.45, 2.75) is 13.0 Å². The average Bonchev–Trinajstić information content (AvgIpc) is 2.67. The summed E-state index contributed by atoms with van der Waals surface area (Å²) >= 11 is 0. The molecular formula is C19H21N3O3. The topological polar surface area (TPSA) is 62.7 Å². The van der Waals surface area contributed by atoms with Gasteiger partial charge < -0.3 is 14.5 Å². The Hall–Kier alpha value is -2.89. The zero-order valence-electron chi connectivity index (χ0n) is 14.4. The highest BCUT2D eigenvalue weighted by Crippen LogP contribution is 2.33. The van der Waals surface area contributed by atoms with Crippen molar-refractivity contribution < 1.29 is 14.3 Å². The van der Waals surface area contributed by atoms with Crippen LogP contribution in [0, 0.1) is 0 Å². The van der Waals surface area contributed by atoms with E-state index in [1.165, 1.54) is 0 Å². The van der Waals surface area contributed by atoms with Crippen LogP contribution in [0.15, 0.2) is 48.7 Å². The second-order valence-corrected chi connectivity index (χ2v) is 5.94. The highest BCUT2D eigenvalue weighted by atomic mass is 16.5. The van der Waals surface area contributed by atoms with Gasteiger partial charge in [0.2, 0.25) is 5.91 Å². The quantitative estimate of drug-likeness (QED) is 0.859. The number of amides is 2. The van der Waals surface area contributed by atoms with E-state index in [0.717, 1.165) is 5.56 Å². The van der Waals surface area contributed by atoms with Crippen molar-refractivity contribution in [2.24, 2.45) is 0 Å². The van der Waals surface area contributed by atoms with Gasteiger partial charge in [0.1, 0.15) is 11.4 Å². The number of ether oxygens (including phenoxy) is 1. The highest BCUT2D eigenvalue weighted by molar-refractivity contribution is 5.92. The second kappa shape index (κ2) is 7.34. The molecule has 0 spiro atoms. The zero-order valence-corrected chi connectivity index (χ0v) is 14.4. The minimum atomic E-state index is -0.275. The maximum atomic E-state index is 13.0. The molecule has 130 valence electrons. The number of para-hydroxylation sites is 1. The van der Waals surface area contributed by atoms with Gasteiger partial charge in [0.05, 0.1) is 13.2 Å². The third-order valence-corrected chi connectivity index (χ3v) is 4.47. The summed E-state index contributed by atoms with van der Waals surface area (Å²) in [5.74, 6) is 0.571. The predicted octanol–water partition coefficient (Wildman–Crippen LogP) is 2.14. The van der Waals surface area contributed by atoms with Crippen molar-refractivity contribution in [1.82, 2.24) is 14.8 Å². The summed E-state index contributed by atoms with van der Waals surface area (Å²) in [6.07, 6.45) is 1.61. The van der Waals surface area contributed by atoms with E-state index in [4.69, 9.17) is 4.74 Å². The van der Waals surface area contributed by atoms with Gasteiger partial charge in [-0.15, -0.1) is 0 Å². The number of carbonyl (C=O) groups is 2. The first-order valence-electron chi connectivity index (χ1n) is 8.22. The van der Waals surface area contributed by atoms with Crippen LogP contribution in [0.25, 0.3) is 0 Å². The zero-order chi connectivity index (χ0) is 17.8. The Kier molecular flexibility index (Phi) is 4.97. The molecule has 0 radical (unpaired) electrons. The molecule has 1 aliphatic heterocycles. The summed E-state index contributed by atoms with van der Waals surface area (Å²) in [5.41, 5.74) is 1.29. The lowest BCUT2D eigenvalue weighted by Crippen LogP contribution is -2.52. The van der Waals surface area contributed by atoms with Crippen LogP contribution in [0.2, 0.25) is 0 Å². The van der Waals surface area contributed by atoms with Gasteiger partial charge in [-0.2, -0.15) is 0 Å². The van der Waals surface area contributed by atoms with Crippen LogP contribution < -0.4 is 4.74 Å². The number of aromatic nitrogens is 1. The van der Waals surface area contributed by atoms with Crippen molar-refractivity contribution in [2.75, 3.05) is 26.7 Å². The van der Waals surface area contributed by atoms with Crippen LogP contribution in [-0.2, 0) is 4.79 Å². The molecule has 2 aromatic rings. The molecule has 25 heavy (non-hydrogen) atoms. The molecule has 1 fully saturated rings. The Balaban J connectivity index is 1.98. The van der Waals surface area contributed by atoms with Crippen molar-refractivity contribution in [3.8, 4) is 5.75 Å². The SMILES string of the molecule is COc1ccccc1C1CN(C(C)=O)CCN1C(=O)c1ccccn1. The molecule has 1 unspecified atom stereocenters. The molecule has 0 saturated carbocycles. The number of benzene rings is 1. The van der Waals surface area contributed by atoms with E-state index in [1.54, 1.807) is 48.2 Å². The van der Waals surface area contributed by atoms with Crippen molar-refractivity contribution in [1.29, 1.82) is 0 Å². The molecule has 6 nitrogen and oxygen atoms in total. The van der Waals surface area contributed by atoms with Crippen LogP contribution in [-0.4, -0.2) is 53.3 Å². The third-order valence-electron chi connectivity index (χ3n) is 4.47. The number of rotatable bonds is 3. The highest BCUT2D eigenvalue weighted by Gasteiger charge is 2.34. The first-order chi connectivity index (χ1) is 12.1. The molecule has 1 aliphatic rings. The van der Waals surface area contributed by atoms with Gasteiger partial charge in [-0.05, 0) is 18.2 Å². The lowest BCUT2D eigenvalue weighted by Gasteiger charge is -2.41. The molecule has 1 aromatic heterocycles. The molecule has 0 aliphatic carbocycles. The standard InChI is InChI=1S/C19H21N3O3/c1-14(23)21-11-12-22(19(24)16-8-5-6-10-20-16)17(13-21)15-7-3-4-9-18(15)25-2/h3-10,17H,11-13H2,1-2H3. The molecular weight excluding hydrogens is 318 g/mol. The number of piperazine rings is 1. The van der Waals surface area contributed by atoms with Gasteiger partial charge >= 0.3 is 0 Å². The Labute approximate surface area is 147 Å². The van der Waals surface area contributed by atoms with E-state index < -0.39 is 0 Å². The number of carbonyl (C=O) groups excluding carboxylic acids is 2. The van der Waals surface area contributed by atoms with Gasteiger partial charge in [0.15, 0.2) is 0 Å². The van der Waals surface area contributed by atoms with E-state index in [-0.39, 0.29) is 17.9 Å². The number of nitrogens with zero attached hydrogens (tertiary/aromatic N) is 3. The number of pyridine rings is 1. The summed E-state index contributed by atoms with van der Waals surface area (Å²) < 4.78 is 5.47. The van der Waals surface area contributed by atoms with Crippen molar-refractivity contribution >= 4 is 11.8 Å². The molecule has 2 heterocycles. The van der Waals surface area contributed by atoms with Gasteiger partial charge in [0, 0.05) is 38.3 Å². The predicted molar refractivity (Wildman–Crippen MR) is 93.3 cm³/mol. The number of hydrogen-bond acceptors (Lipinski definition) is 4. The van der Waals surface area contributed by atoms with Crippen LogP contribution in [0.3, 0.4) is 0 Å². The first-order valence-corrected chi connectivity index (χ1v) is 8.22. The Bertz CT molecular complexity index is 764. The van der Waals surface area contributed by atoms with E-state index in [9.17, 15) is 9.59 Å². The van der Waals surface area contributed by atoms with Gasteiger partial charge in [-0.25, -0.2) is 0 Å². The van der Waals surface area contributed by atoms with Crippen LogP contribution in [0.5, 0.6) is 5.75 Å². The normalized spacial score (nSPS) is 17.3. The Morgan fingerprint density at radius 1 is 1.12 bits per heavy atom. The smallest absolute Gasteiger partial charge is 0.273 e. The Morgan fingerprint density at radius 3 is 2.56 bits per heavy atom. The van der Waals surface area contributed by atoms with E-state index >= 15 is 0 Å². The molecule has 1 atom stereocenters. The maximum absolute atomic E-state index is 13.0. The van der Waals surface area contributed by atoms with Gasteiger partial charge in [-0.1, -0.05) is 24.3 Å². The lowest BCUT2D eigenvalue weighted by molar-refractivity contribution is -0.131. The molecule has 3 rings (SSSR count). The number of methoxy groups -OCH3 is 1. The molecule has 1 saturated heterocycles. The van der Waals surface area contributed by atoms with Gasteiger partial charge in [-0.3, -0.25) is 14.6 Å². The molecule has 1 aromatic carbocycles. The fourth-order valence-corrected chi connectivity index (χ4v) is 3.16. The number of hydrogen-bond donors (Lipinski definition) is 0. The summed E-state index contributed by atoms with van der Waals surface area (Å²) in [6, 6.07) is 12.6. The minimum absolute atomic E-state index is 0.00448. The van der Waals surface area contributed by atoms with Crippen LogP contribution in [0.4, 0.5) is 0 Å². The summed E-state index contributed by atoms with van der Waals surface area (Å²) in [5, 5.41) is 0. The summed E-state index contributed by atoms with van der Waals surface area (Å²) in [6.45, 7) is 2.96. The maximum Gasteiger partial charge on any atom is 0.273 e. The van der Waals surface area contributed by atoms with Crippen molar-refractivity contribution in [3.05, 3.63) is 59.9 Å². The van der Waals surface area contributed by atoms with Crippen molar-refractivity contribution in [3.63, 3.8) is 0 Å². The Morgan fingerprint density at radius 2 is 1.88 bits per heavy atom. The fourth-order valence-electron chi connectivity index (χ4n) is 3.16. The van der Waals surface area contributed by atoms with Gasteiger partial charge in [0.25, 0.3) is 5.91 Å². The largest absolute Gasteiger partial charge is 0.496 e. The monoisotopic (exact) mass is 339 g/mol. The van der Waals surface area contributed by atoms with Crippen LogP contribution in [0.1, 0.15) is 29.0 Å². The summed E-state index contributed by atoms with van der Waals surface area (Å²) in [7, 11) is 1.61. The fraction of sp³-hybridized carbons (Fsp3) is 0.316. The third kappa shape index (κ3) is 3.47. The molecule has 6 heteroatoms. The van der Waals surface area contributed by atoms with Crippen LogP contribution >= 0.6 is 0 Å². The molecule has 2 amide bonds. The van der Waals surface area contributed by atoms with E-state index in [2.05, 4.69) is 4.98 Å². The summed E-state index contributed by atoms with van der Waals surface area (Å²) in [4.78, 5) is 32.6. The molecule has 0 bridgehead atoms. The van der Waals surface area contributed by atoms with E-state index in [1.807, 2.05) is 24.3 Å². The lowest BCUT2D eigenvalue weighted by atomic mass is 10.0. The minimum Gasteiger partial charge on any atom is -0.496 e. The molecule has 0 N–H and O–H groups in total. The average molecular weight is 339 g/mol. The second-order valence-electron chi connectivity index (χ2n) is 5.94.